The van der Waals surface area contributed by atoms with E-state index in [-0.39, 0.29) is 6.03 Å². The Hall–Kier alpha value is -2.77. The van der Waals surface area contributed by atoms with Crippen LogP contribution in [0.3, 0.4) is 0 Å². The number of carbonyl (C=O) groups excluding carboxylic acids is 1. The van der Waals surface area contributed by atoms with Crippen molar-refractivity contribution in [1.29, 1.82) is 0 Å². The summed E-state index contributed by atoms with van der Waals surface area (Å²) < 4.78 is 12.5. The third-order valence-electron chi connectivity index (χ3n) is 3.99. The zero-order valence-electron chi connectivity index (χ0n) is 13.8. The maximum atomic E-state index is 12.0. The molecular formula is C16H21N5O3. The third-order valence-corrected chi connectivity index (χ3v) is 3.99. The minimum absolute atomic E-state index is 0.250. The second-order valence-electron chi connectivity index (χ2n) is 5.51. The molecule has 1 aliphatic rings. The molecule has 0 aliphatic carbocycles. The van der Waals surface area contributed by atoms with Crippen LogP contribution >= 0.6 is 0 Å². The number of aromatic nitrogens is 3. The number of ether oxygens (including phenoxy) is 2. The van der Waals surface area contributed by atoms with Gasteiger partial charge in [-0.3, -0.25) is 0 Å². The first-order valence-corrected chi connectivity index (χ1v) is 7.85. The number of urea groups is 1. The molecule has 2 N–H and O–H groups in total. The van der Waals surface area contributed by atoms with Crippen LogP contribution in [0.2, 0.25) is 0 Å². The maximum Gasteiger partial charge on any atom is 0.315 e. The summed E-state index contributed by atoms with van der Waals surface area (Å²) in [6, 6.07) is 5.28. The summed E-state index contributed by atoms with van der Waals surface area (Å²) in [6.07, 6.45) is 2.04. The second-order valence-corrected chi connectivity index (χ2v) is 5.51. The Balaban J connectivity index is 1.50. The Morgan fingerprint density at radius 1 is 1.17 bits per heavy atom. The fourth-order valence-corrected chi connectivity index (χ4v) is 2.74. The standard InChI is InChI=1S/C16H21N5O3/c1-23-12-6-5-11(8-13(12)24-2)9-17-16(22)18-10-15-20-19-14-4-3-7-21(14)15/h5-6,8H,3-4,7,9-10H2,1-2H3,(H2,17,18,22). The molecule has 1 aliphatic heterocycles. The first kappa shape index (κ1) is 16.1. The van der Waals surface area contributed by atoms with Crippen molar-refractivity contribution >= 4 is 6.03 Å². The van der Waals surface area contributed by atoms with Crippen molar-refractivity contribution < 1.29 is 14.3 Å². The fraction of sp³-hybridized carbons (Fsp3) is 0.438. The lowest BCUT2D eigenvalue weighted by Gasteiger charge is -2.11. The molecular weight excluding hydrogens is 310 g/mol. The van der Waals surface area contributed by atoms with Crippen LogP contribution in [0.15, 0.2) is 18.2 Å². The molecule has 8 heteroatoms. The number of rotatable bonds is 6. The molecule has 0 unspecified atom stereocenters. The molecule has 1 aromatic carbocycles. The number of nitrogens with zero attached hydrogens (tertiary/aromatic N) is 3. The van der Waals surface area contributed by atoms with Gasteiger partial charge in [0.1, 0.15) is 5.82 Å². The van der Waals surface area contributed by atoms with E-state index in [2.05, 4.69) is 25.4 Å². The van der Waals surface area contributed by atoms with Gasteiger partial charge >= 0.3 is 6.03 Å². The summed E-state index contributed by atoms with van der Waals surface area (Å²) in [5.74, 6) is 3.09. The fourth-order valence-electron chi connectivity index (χ4n) is 2.74. The predicted octanol–water partition coefficient (Wildman–Crippen LogP) is 1.24. The highest BCUT2D eigenvalue weighted by Gasteiger charge is 2.17. The van der Waals surface area contributed by atoms with Crippen molar-refractivity contribution in [3.63, 3.8) is 0 Å². The van der Waals surface area contributed by atoms with Crippen molar-refractivity contribution in [3.05, 3.63) is 35.4 Å². The Morgan fingerprint density at radius 3 is 2.75 bits per heavy atom. The van der Waals surface area contributed by atoms with E-state index in [0.717, 1.165) is 36.6 Å². The summed E-state index contributed by atoms with van der Waals surface area (Å²) in [6.45, 7) is 1.68. The number of carbonyl (C=O) groups is 1. The topological polar surface area (TPSA) is 90.3 Å². The number of aryl methyl sites for hydroxylation is 1. The lowest BCUT2D eigenvalue weighted by Crippen LogP contribution is -2.35. The Kier molecular flexibility index (Phi) is 4.83. The minimum atomic E-state index is -0.250. The van der Waals surface area contributed by atoms with E-state index in [1.54, 1.807) is 14.2 Å². The number of amides is 2. The van der Waals surface area contributed by atoms with Crippen LogP contribution in [0.1, 0.15) is 23.6 Å². The molecule has 0 radical (unpaired) electrons. The van der Waals surface area contributed by atoms with Gasteiger partial charge in [-0.2, -0.15) is 0 Å². The molecule has 128 valence electrons. The Labute approximate surface area is 140 Å². The van der Waals surface area contributed by atoms with Gasteiger partial charge in [0.05, 0.1) is 20.8 Å². The van der Waals surface area contributed by atoms with E-state index in [1.807, 2.05) is 18.2 Å². The average molecular weight is 331 g/mol. The van der Waals surface area contributed by atoms with Crippen LogP contribution in [0.25, 0.3) is 0 Å². The summed E-state index contributed by atoms with van der Waals surface area (Å²) in [5.41, 5.74) is 0.922. The van der Waals surface area contributed by atoms with Gasteiger partial charge in [-0.15, -0.1) is 10.2 Å². The van der Waals surface area contributed by atoms with Crippen LogP contribution < -0.4 is 20.1 Å². The van der Waals surface area contributed by atoms with Gasteiger partial charge in [-0.25, -0.2) is 4.79 Å². The van der Waals surface area contributed by atoms with Crippen LogP contribution in [-0.2, 0) is 26.1 Å². The third kappa shape index (κ3) is 3.42. The summed E-state index contributed by atoms with van der Waals surface area (Å²) in [7, 11) is 3.17. The molecule has 0 bridgehead atoms. The molecule has 2 amide bonds. The molecule has 3 rings (SSSR count). The van der Waals surface area contributed by atoms with Crippen LogP contribution in [0.5, 0.6) is 11.5 Å². The van der Waals surface area contributed by atoms with Gasteiger partial charge in [0.15, 0.2) is 17.3 Å². The minimum Gasteiger partial charge on any atom is -0.493 e. The molecule has 24 heavy (non-hydrogen) atoms. The molecule has 0 fully saturated rings. The highest BCUT2D eigenvalue weighted by atomic mass is 16.5. The van der Waals surface area contributed by atoms with E-state index >= 15 is 0 Å². The van der Waals surface area contributed by atoms with E-state index in [1.165, 1.54) is 0 Å². The number of fused-ring (bicyclic) bond motifs is 1. The van der Waals surface area contributed by atoms with Gasteiger partial charge in [0.2, 0.25) is 0 Å². The van der Waals surface area contributed by atoms with Crippen LogP contribution in [-0.4, -0.2) is 35.0 Å². The quantitative estimate of drug-likeness (QED) is 0.831. The molecule has 8 nitrogen and oxygen atoms in total. The van der Waals surface area contributed by atoms with Gasteiger partial charge < -0.3 is 24.7 Å². The normalized spacial score (nSPS) is 12.6. The molecule has 1 aromatic heterocycles. The zero-order valence-corrected chi connectivity index (χ0v) is 13.8. The van der Waals surface area contributed by atoms with Crippen LogP contribution in [0.4, 0.5) is 4.79 Å². The molecule has 0 spiro atoms. The van der Waals surface area contributed by atoms with E-state index in [9.17, 15) is 4.79 Å². The zero-order chi connectivity index (χ0) is 16.9. The Morgan fingerprint density at radius 2 is 1.96 bits per heavy atom. The number of hydrogen-bond donors (Lipinski definition) is 2. The molecule has 0 saturated heterocycles. The van der Waals surface area contributed by atoms with Crippen molar-refractivity contribution in [2.75, 3.05) is 14.2 Å². The molecule has 2 aromatic rings. The van der Waals surface area contributed by atoms with Crippen molar-refractivity contribution in [2.45, 2.75) is 32.5 Å². The average Bonchev–Trinajstić information content (AvgIpc) is 3.21. The first-order chi connectivity index (χ1) is 11.7. The predicted molar refractivity (Wildman–Crippen MR) is 87.0 cm³/mol. The van der Waals surface area contributed by atoms with Gasteiger partial charge in [-0.05, 0) is 24.1 Å². The van der Waals surface area contributed by atoms with Crippen molar-refractivity contribution in [3.8, 4) is 11.5 Å². The highest BCUT2D eigenvalue weighted by Crippen LogP contribution is 2.27. The lowest BCUT2D eigenvalue weighted by atomic mass is 10.2. The lowest BCUT2D eigenvalue weighted by molar-refractivity contribution is 0.239. The number of hydrogen-bond acceptors (Lipinski definition) is 5. The van der Waals surface area contributed by atoms with Crippen molar-refractivity contribution in [1.82, 2.24) is 25.4 Å². The van der Waals surface area contributed by atoms with Gasteiger partial charge in [0.25, 0.3) is 0 Å². The summed E-state index contributed by atoms with van der Waals surface area (Å²) in [5, 5.41) is 13.8. The van der Waals surface area contributed by atoms with E-state index in [4.69, 9.17) is 9.47 Å². The van der Waals surface area contributed by atoms with E-state index in [0.29, 0.717) is 24.6 Å². The van der Waals surface area contributed by atoms with Crippen molar-refractivity contribution in [2.24, 2.45) is 0 Å². The van der Waals surface area contributed by atoms with E-state index < -0.39 is 0 Å². The monoisotopic (exact) mass is 331 g/mol. The second kappa shape index (κ2) is 7.20. The molecule has 2 heterocycles. The summed E-state index contributed by atoms with van der Waals surface area (Å²) in [4.78, 5) is 12.0. The number of nitrogens with one attached hydrogen (secondary N) is 2. The smallest absolute Gasteiger partial charge is 0.315 e. The van der Waals surface area contributed by atoms with Crippen LogP contribution in [0, 0.1) is 0 Å². The summed E-state index contributed by atoms with van der Waals surface area (Å²) >= 11 is 0. The first-order valence-electron chi connectivity index (χ1n) is 7.85. The number of methoxy groups -OCH3 is 2. The van der Waals surface area contributed by atoms with Gasteiger partial charge in [0, 0.05) is 19.5 Å². The SMILES string of the molecule is COc1ccc(CNC(=O)NCc2nnc3n2CCC3)cc1OC. The molecule has 0 atom stereocenters. The Bertz CT molecular complexity index is 728. The number of benzene rings is 1. The van der Waals surface area contributed by atoms with Gasteiger partial charge in [-0.1, -0.05) is 6.07 Å². The molecule has 0 saturated carbocycles. The largest absolute Gasteiger partial charge is 0.493 e. The maximum absolute atomic E-state index is 12.0. The highest BCUT2D eigenvalue weighted by molar-refractivity contribution is 5.73.